The molecule has 0 fully saturated rings. The van der Waals surface area contributed by atoms with Crippen LogP contribution < -0.4 is 5.73 Å². The van der Waals surface area contributed by atoms with Crippen LogP contribution in [0.15, 0.2) is 0 Å². The number of carbonyl (C=O) groups is 1. The number of rotatable bonds is 4. The normalized spacial score (nSPS) is 10.2. The van der Waals surface area contributed by atoms with Crippen molar-refractivity contribution in [2.45, 2.75) is 19.9 Å². The van der Waals surface area contributed by atoms with E-state index >= 15 is 0 Å². The van der Waals surface area contributed by atoms with Crippen LogP contribution in [0.2, 0.25) is 0 Å². The molecule has 0 aromatic carbocycles. The van der Waals surface area contributed by atoms with Crippen LogP contribution in [0.3, 0.4) is 0 Å². The third-order valence-corrected chi connectivity index (χ3v) is 1.81. The number of aryl methyl sites for hydroxylation is 1. The molecule has 14 heavy (non-hydrogen) atoms. The second-order valence-electron chi connectivity index (χ2n) is 3.13. The van der Waals surface area contributed by atoms with Gasteiger partial charge >= 0.3 is 0 Å². The number of H-pyrrole nitrogens is 1. The van der Waals surface area contributed by atoms with E-state index in [0.717, 1.165) is 5.82 Å². The van der Waals surface area contributed by atoms with Crippen molar-refractivity contribution in [1.29, 1.82) is 0 Å². The fourth-order valence-electron chi connectivity index (χ4n) is 1.07. The molecule has 6 nitrogen and oxygen atoms in total. The minimum atomic E-state index is 0.00922. The molecule has 6 heteroatoms. The standard InChI is InChI=1S/C8H15N5O/c1-6-10-7(12-11-6)5-13(2)8(14)3-4-9/h3-5,9H2,1-2H3,(H,10,11,12). The van der Waals surface area contributed by atoms with Crippen molar-refractivity contribution in [3.63, 3.8) is 0 Å². The number of aromatic amines is 1. The van der Waals surface area contributed by atoms with Gasteiger partial charge in [0, 0.05) is 20.0 Å². The molecule has 1 aromatic rings. The Kier molecular flexibility index (Phi) is 3.58. The van der Waals surface area contributed by atoms with Gasteiger partial charge in [-0.3, -0.25) is 9.89 Å². The van der Waals surface area contributed by atoms with Crippen molar-refractivity contribution >= 4 is 5.91 Å². The second-order valence-corrected chi connectivity index (χ2v) is 3.13. The molecule has 0 atom stereocenters. The van der Waals surface area contributed by atoms with Crippen LogP contribution in [0.25, 0.3) is 0 Å². The number of nitrogens with one attached hydrogen (secondary N) is 1. The summed E-state index contributed by atoms with van der Waals surface area (Å²) >= 11 is 0. The monoisotopic (exact) mass is 197 g/mol. The number of hydrogen-bond donors (Lipinski definition) is 2. The summed E-state index contributed by atoms with van der Waals surface area (Å²) in [7, 11) is 1.71. The fraction of sp³-hybridized carbons (Fsp3) is 0.625. The number of nitrogens with zero attached hydrogens (tertiary/aromatic N) is 3. The summed E-state index contributed by atoms with van der Waals surface area (Å²) in [6.45, 7) is 2.61. The van der Waals surface area contributed by atoms with E-state index in [1.165, 1.54) is 0 Å². The SMILES string of the molecule is Cc1nc(CN(C)C(=O)CCN)n[nH]1. The number of carbonyl (C=O) groups excluding carboxylic acids is 1. The van der Waals surface area contributed by atoms with Crippen molar-refractivity contribution in [2.24, 2.45) is 5.73 Å². The van der Waals surface area contributed by atoms with Gasteiger partial charge in [0.1, 0.15) is 5.82 Å². The van der Waals surface area contributed by atoms with Crippen molar-refractivity contribution in [3.05, 3.63) is 11.6 Å². The molecule has 1 aromatic heterocycles. The van der Waals surface area contributed by atoms with E-state index in [1.54, 1.807) is 11.9 Å². The lowest BCUT2D eigenvalue weighted by Crippen LogP contribution is -2.28. The van der Waals surface area contributed by atoms with Crippen molar-refractivity contribution in [1.82, 2.24) is 20.1 Å². The number of amides is 1. The summed E-state index contributed by atoms with van der Waals surface area (Å²) in [5.74, 6) is 1.38. The molecule has 1 rings (SSSR count). The van der Waals surface area contributed by atoms with Crippen LogP contribution in [-0.2, 0) is 11.3 Å². The summed E-state index contributed by atoms with van der Waals surface area (Å²) < 4.78 is 0. The molecule has 78 valence electrons. The maximum absolute atomic E-state index is 11.3. The highest BCUT2D eigenvalue weighted by atomic mass is 16.2. The van der Waals surface area contributed by atoms with Crippen LogP contribution in [0, 0.1) is 6.92 Å². The van der Waals surface area contributed by atoms with Crippen molar-refractivity contribution in [3.8, 4) is 0 Å². The molecular weight excluding hydrogens is 182 g/mol. The highest BCUT2D eigenvalue weighted by Crippen LogP contribution is 1.98. The van der Waals surface area contributed by atoms with Crippen LogP contribution >= 0.6 is 0 Å². The van der Waals surface area contributed by atoms with E-state index in [2.05, 4.69) is 15.2 Å². The zero-order valence-electron chi connectivity index (χ0n) is 8.45. The summed E-state index contributed by atoms with van der Waals surface area (Å²) in [6, 6.07) is 0. The Morgan fingerprint density at radius 3 is 2.86 bits per heavy atom. The molecule has 0 spiro atoms. The summed E-state index contributed by atoms with van der Waals surface area (Å²) in [6.07, 6.45) is 0.361. The van der Waals surface area contributed by atoms with E-state index in [-0.39, 0.29) is 5.91 Å². The zero-order chi connectivity index (χ0) is 10.6. The molecule has 3 N–H and O–H groups in total. The molecule has 0 unspecified atom stereocenters. The Balaban J connectivity index is 2.48. The quantitative estimate of drug-likeness (QED) is 0.676. The number of hydrogen-bond acceptors (Lipinski definition) is 4. The molecule has 0 aliphatic heterocycles. The molecule has 0 radical (unpaired) electrons. The smallest absolute Gasteiger partial charge is 0.223 e. The Hall–Kier alpha value is -1.43. The van der Waals surface area contributed by atoms with Gasteiger partial charge in [0.05, 0.1) is 6.54 Å². The third-order valence-electron chi connectivity index (χ3n) is 1.81. The van der Waals surface area contributed by atoms with Crippen LogP contribution in [0.4, 0.5) is 0 Å². The van der Waals surface area contributed by atoms with E-state index in [9.17, 15) is 4.79 Å². The molecular formula is C8H15N5O. The van der Waals surface area contributed by atoms with Crippen molar-refractivity contribution in [2.75, 3.05) is 13.6 Å². The maximum Gasteiger partial charge on any atom is 0.223 e. The van der Waals surface area contributed by atoms with Crippen LogP contribution in [0.1, 0.15) is 18.1 Å². The van der Waals surface area contributed by atoms with Gasteiger partial charge in [-0.1, -0.05) is 0 Å². The van der Waals surface area contributed by atoms with Gasteiger partial charge in [-0.2, -0.15) is 5.10 Å². The Morgan fingerprint density at radius 2 is 2.36 bits per heavy atom. The topological polar surface area (TPSA) is 87.9 Å². The largest absolute Gasteiger partial charge is 0.338 e. The second kappa shape index (κ2) is 4.71. The highest BCUT2D eigenvalue weighted by molar-refractivity contribution is 5.75. The zero-order valence-corrected chi connectivity index (χ0v) is 8.45. The van der Waals surface area contributed by atoms with E-state index in [0.29, 0.717) is 25.3 Å². The molecule has 1 heterocycles. The van der Waals surface area contributed by atoms with E-state index in [1.807, 2.05) is 6.92 Å². The first-order valence-electron chi connectivity index (χ1n) is 4.45. The fourth-order valence-corrected chi connectivity index (χ4v) is 1.07. The lowest BCUT2D eigenvalue weighted by molar-refractivity contribution is -0.130. The van der Waals surface area contributed by atoms with E-state index < -0.39 is 0 Å². The predicted octanol–water partition coefficient (Wildman–Crippen LogP) is -0.580. The minimum absolute atomic E-state index is 0.00922. The minimum Gasteiger partial charge on any atom is -0.338 e. The first-order chi connectivity index (χ1) is 6.63. The maximum atomic E-state index is 11.3. The summed E-state index contributed by atoms with van der Waals surface area (Å²) in [5, 5.41) is 6.66. The highest BCUT2D eigenvalue weighted by Gasteiger charge is 2.10. The summed E-state index contributed by atoms with van der Waals surface area (Å²) in [5.41, 5.74) is 5.28. The molecule has 1 amide bonds. The van der Waals surface area contributed by atoms with Gasteiger partial charge in [0.2, 0.25) is 5.91 Å². The first-order valence-corrected chi connectivity index (χ1v) is 4.45. The number of aromatic nitrogens is 3. The van der Waals surface area contributed by atoms with Gasteiger partial charge in [0.25, 0.3) is 0 Å². The molecule has 0 aliphatic rings. The Bertz CT molecular complexity index is 308. The van der Waals surface area contributed by atoms with Crippen LogP contribution in [-0.4, -0.2) is 39.6 Å². The van der Waals surface area contributed by atoms with Crippen LogP contribution in [0.5, 0.6) is 0 Å². The van der Waals surface area contributed by atoms with Gasteiger partial charge < -0.3 is 10.6 Å². The molecule has 0 saturated carbocycles. The summed E-state index contributed by atoms with van der Waals surface area (Å²) in [4.78, 5) is 17.0. The third kappa shape index (κ3) is 2.81. The average molecular weight is 197 g/mol. The van der Waals surface area contributed by atoms with Gasteiger partial charge in [-0.15, -0.1) is 0 Å². The van der Waals surface area contributed by atoms with Crippen molar-refractivity contribution < 1.29 is 4.79 Å². The average Bonchev–Trinajstić information content (AvgIpc) is 2.51. The Morgan fingerprint density at radius 1 is 1.64 bits per heavy atom. The van der Waals surface area contributed by atoms with Gasteiger partial charge in [-0.05, 0) is 6.92 Å². The van der Waals surface area contributed by atoms with Gasteiger partial charge in [-0.25, -0.2) is 4.98 Å². The molecule has 0 bridgehead atoms. The van der Waals surface area contributed by atoms with E-state index in [4.69, 9.17) is 5.73 Å². The predicted molar refractivity (Wildman–Crippen MR) is 51.3 cm³/mol. The Labute approximate surface area is 82.5 Å². The lowest BCUT2D eigenvalue weighted by atomic mass is 10.3. The molecule has 0 aliphatic carbocycles. The van der Waals surface area contributed by atoms with Gasteiger partial charge in [0.15, 0.2) is 5.82 Å². The lowest BCUT2D eigenvalue weighted by Gasteiger charge is -2.14. The molecule has 0 saturated heterocycles. The number of nitrogens with two attached hydrogens (primary N) is 1. The first kappa shape index (κ1) is 10.6.